The minimum Gasteiger partial charge on any atom is -0.457 e. The number of hydrogen-bond acceptors (Lipinski definition) is 1. The quantitative estimate of drug-likeness (QED) is 0.604. The highest BCUT2D eigenvalue weighted by molar-refractivity contribution is 5.84. The van der Waals surface area contributed by atoms with Crippen molar-refractivity contribution in [3.05, 3.63) is 66.4 Å². The molecule has 0 saturated carbocycles. The van der Waals surface area contributed by atoms with Gasteiger partial charge in [0.2, 0.25) is 0 Å². The van der Waals surface area contributed by atoms with Crippen LogP contribution in [0.2, 0.25) is 0 Å². The van der Waals surface area contributed by atoms with Crippen molar-refractivity contribution in [3.63, 3.8) is 0 Å². The lowest BCUT2D eigenvalue weighted by Crippen LogP contribution is -1.78. The van der Waals surface area contributed by atoms with Crippen LogP contribution in [0.5, 0.6) is 0 Å². The summed E-state index contributed by atoms with van der Waals surface area (Å²) in [6.07, 6.45) is 1.73. The predicted octanol–water partition coefficient (Wildman–Crippen LogP) is 5.05. The van der Waals surface area contributed by atoms with Crippen LogP contribution in [0.3, 0.4) is 0 Å². The fourth-order valence-corrected chi connectivity index (χ4v) is 2.08. The summed E-state index contributed by atoms with van der Waals surface area (Å²) in [6, 6.07) is 16.8. The van der Waals surface area contributed by atoms with E-state index < -0.39 is 0 Å². The zero-order valence-electron chi connectivity index (χ0n) is 10.3. The molecular formula is C17H14O. The normalized spacial score (nSPS) is 10.7. The first-order valence-corrected chi connectivity index (χ1v) is 5.99. The number of hydrogen-bond donors (Lipinski definition) is 0. The van der Waals surface area contributed by atoms with Crippen LogP contribution in [0.1, 0.15) is 11.3 Å². The molecule has 2 aromatic carbocycles. The van der Waals surface area contributed by atoms with Gasteiger partial charge in [0.1, 0.15) is 11.3 Å². The van der Waals surface area contributed by atoms with Crippen molar-refractivity contribution in [2.24, 2.45) is 0 Å². The van der Waals surface area contributed by atoms with E-state index in [4.69, 9.17) is 4.42 Å². The molecule has 0 spiro atoms. The molecule has 0 fully saturated rings. The molecule has 0 bridgehead atoms. The fourth-order valence-electron chi connectivity index (χ4n) is 2.08. The van der Waals surface area contributed by atoms with E-state index in [0.29, 0.717) is 0 Å². The zero-order chi connectivity index (χ0) is 12.5. The van der Waals surface area contributed by atoms with Crippen LogP contribution in [0.4, 0.5) is 0 Å². The number of fused-ring (bicyclic) bond motifs is 1. The Morgan fingerprint density at radius 2 is 1.67 bits per heavy atom. The third-order valence-electron chi connectivity index (χ3n) is 3.13. The van der Waals surface area contributed by atoms with Gasteiger partial charge >= 0.3 is 0 Å². The molecule has 0 radical (unpaired) electrons. The zero-order valence-corrected chi connectivity index (χ0v) is 10.3. The Morgan fingerprint density at radius 3 is 2.39 bits per heavy atom. The third-order valence-corrected chi connectivity index (χ3v) is 3.13. The fraction of sp³-hybridized carbons (Fsp3) is 0.0588. The van der Waals surface area contributed by atoms with E-state index in [1.54, 1.807) is 6.08 Å². The van der Waals surface area contributed by atoms with Gasteiger partial charge in [0, 0.05) is 5.39 Å². The molecule has 3 rings (SSSR count). The van der Waals surface area contributed by atoms with Gasteiger partial charge < -0.3 is 4.42 Å². The number of furan rings is 1. The lowest BCUT2D eigenvalue weighted by atomic mass is 10.0. The van der Waals surface area contributed by atoms with Gasteiger partial charge in [-0.2, -0.15) is 0 Å². The van der Waals surface area contributed by atoms with E-state index >= 15 is 0 Å². The van der Waals surface area contributed by atoms with Gasteiger partial charge in [-0.25, -0.2) is 0 Å². The Labute approximate surface area is 106 Å². The monoisotopic (exact) mass is 234 g/mol. The van der Waals surface area contributed by atoms with Gasteiger partial charge in [-0.1, -0.05) is 48.5 Å². The molecule has 0 aliphatic heterocycles. The maximum Gasteiger partial charge on any atom is 0.135 e. The molecule has 3 aromatic rings. The SMILES string of the molecule is C=Cc1cc2ccc(-c3ccc(C)cc3)cc2o1. The summed E-state index contributed by atoms with van der Waals surface area (Å²) in [5, 5.41) is 1.11. The highest BCUT2D eigenvalue weighted by atomic mass is 16.3. The molecule has 1 heterocycles. The summed E-state index contributed by atoms with van der Waals surface area (Å²) in [6.45, 7) is 5.82. The molecule has 18 heavy (non-hydrogen) atoms. The van der Waals surface area contributed by atoms with Crippen LogP contribution in [-0.2, 0) is 0 Å². The van der Waals surface area contributed by atoms with E-state index in [2.05, 4.69) is 56.0 Å². The molecule has 0 saturated heterocycles. The second-order valence-electron chi connectivity index (χ2n) is 4.47. The van der Waals surface area contributed by atoms with Crippen molar-refractivity contribution in [2.45, 2.75) is 6.92 Å². The molecule has 0 atom stereocenters. The molecule has 1 heteroatoms. The Kier molecular flexibility index (Phi) is 2.52. The maximum atomic E-state index is 5.69. The van der Waals surface area contributed by atoms with E-state index in [0.717, 1.165) is 16.7 Å². The molecule has 1 nitrogen and oxygen atoms in total. The van der Waals surface area contributed by atoms with Gasteiger partial charge in [0.25, 0.3) is 0 Å². The first kappa shape index (κ1) is 10.8. The van der Waals surface area contributed by atoms with Crippen molar-refractivity contribution in [3.8, 4) is 11.1 Å². The lowest BCUT2D eigenvalue weighted by molar-refractivity contribution is 0.604. The molecule has 0 N–H and O–H groups in total. The molecule has 88 valence electrons. The van der Waals surface area contributed by atoms with Crippen LogP contribution in [-0.4, -0.2) is 0 Å². The average Bonchev–Trinajstić information content (AvgIpc) is 2.81. The molecule has 1 aromatic heterocycles. The Morgan fingerprint density at radius 1 is 0.944 bits per heavy atom. The smallest absolute Gasteiger partial charge is 0.135 e. The third kappa shape index (κ3) is 1.84. The second kappa shape index (κ2) is 4.19. The highest BCUT2D eigenvalue weighted by Gasteiger charge is 2.03. The van der Waals surface area contributed by atoms with Crippen molar-refractivity contribution in [1.29, 1.82) is 0 Å². The van der Waals surface area contributed by atoms with Crippen molar-refractivity contribution >= 4 is 17.0 Å². The second-order valence-corrected chi connectivity index (χ2v) is 4.47. The van der Waals surface area contributed by atoms with Crippen LogP contribution >= 0.6 is 0 Å². The summed E-state index contributed by atoms with van der Waals surface area (Å²) in [4.78, 5) is 0. The number of aryl methyl sites for hydroxylation is 1. The summed E-state index contributed by atoms with van der Waals surface area (Å²) in [5.74, 6) is 0.811. The van der Waals surface area contributed by atoms with Crippen molar-refractivity contribution < 1.29 is 4.42 Å². The van der Waals surface area contributed by atoms with Gasteiger partial charge in [0.05, 0.1) is 0 Å². The highest BCUT2D eigenvalue weighted by Crippen LogP contribution is 2.27. The molecule has 0 amide bonds. The average molecular weight is 234 g/mol. The molecule has 0 aliphatic rings. The summed E-state index contributed by atoms with van der Waals surface area (Å²) < 4.78 is 5.69. The Hall–Kier alpha value is -2.28. The van der Waals surface area contributed by atoms with Crippen molar-refractivity contribution in [1.82, 2.24) is 0 Å². The van der Waals surface area contributed by atoms with Gasteiger partial charge in [0.15, 0.2) is 0 Å². The summed E-state index contributed by atoms with van der Waals surface area (Å²) in [5.41, 5.74) is 4.56. The first-order valence-electron chi connectivity index (χ1n) is 5.99. The number of rotatable bonds is 2. The van der Waals surface area contributed by atoms with E-state index in [1.807, 2.05) is 6.07 Å². The summed E-state index contributed by atoms with van der Waals surface area (Å²) in [7, 11) is 0. The van der Waals surface area contributed by atoms with E-state index in [9.17, 15) is 0 Å². The van der Waals surface area contributed by atoms with Crippen LogP contribution in [0.15, 0.2) is 59.5 Å². The van der Waals surface area contributed by atoms with Gasteiger partial charge in [-0.3, -0.25) is 0 Å². The largest absolute Gasteiger partial charge is 0.457 e. The predicted molar refractivity (Wildman–Crippen MR) is 76.5 cm³/mol. The van der Waals surface area contributed by atoms with Crippen LogP contribution in [0.25, 0.3) is 28.2 Å². The van der Waals surface area contributed by atoms with E-state index in [-0.39, 0.29) is 0 Å². The Balaban J connectivity index is 2.12. The minimum absolute atomic E-state index is 0.811. The first-order chi connectivity index (χ1) is 8.76. The van der Waals surface area contributed by atoms with Gasteiger partial charge in [-0.15, -0.1) is 0 Å². The molecule has 0 aliphatic carbocycles. The van der Waals surface area contributed by atoms with Crippen LogP contribution in [0, 0.1) is 6.92 Å². The number of benzene rings is 2. The summed E-state index contributed by atoms with van der Waals surface area (Å²) >= 11 is 0. The molecular weight excluding hydrogens is 220 g/mol. The van der Waals surface area contributed by atoms with Gasteiger partial charge in [-0.05, 0) is 36.3 Å². The van der Waals surface area contributed by atoms with Crippen LogP contribution < -0.4 is 0 Å². The Bertz CT molecular complexity index is 702. The minimum atomic E-state index is 0.811. The standard InChI is InChI=1S/C17H14O/c1-3-16-10-15-9-8-14(11-17(15)18-16)13-6-4-12(2)5-7-13/h3-11H,1H2,2H3. The maximum absolute atomic E-state index is 5.69. The topological polar surface area (TPSA) is 13.1 Å². The van der Waals surface area contributed by atoms with Crippen molar-refractivity contribution in [2.75, 3.05) is 0 Å². The van der Waals surface area contributed by atoms with E-state index in [1.165, 1.54) is 16.7 Å². The lowest BCUT2D eigenvalue weighted by Gasteiger charge is -2.02. The molecule has 0 unspecified atom stereocenters.